The minimum Gasteiger partial charge on any atom is -0.466 e. The first kappa shape index (κ1) is 17.6. The summed E-state index contributed by atoms with van der Waals surface area (Å²) in [5.74, 6) is -0.164. The zero-order valence-corrected chi connectivity index (χ0v) is 13.3. The third kappa shape index (κ3) is 4.80. The molecule has 0 aromatic heterocycles. The normalized spacial score (nSPS) is 10.5. The Morgan fingerprint density at radius 2 is 2.18 bits per heavy atom. The molecule has 0 unspecified atom stereocenters. The van der Waals surface area contributed by atoms with Crippen LogP contribution in [0.2, 0.25) is 0 Å². The van der Waals surface area contributed by atoms with E-state index in [1.807, 2.05) is 26.0 Å². The van der Waals surface area contributed by atoms with Gasteiger partial charge in [0.15, 0.2) is 0 Å². The van der Waals surface area contributed by atoms with Crippen molar-refractivity contribution < 1.29 is 14.3 Å². The smallest absolute Gasteiger partial charge is 0.293 e. The summed E-state index contributed by atoms with van der Waals surface area (Å²) in [6.45, 7) is 5.62. The minimum absolute atomic E-state index is 0.164. The summed E-state index contributed by atoms with van der Waals surface area (Å²) < 4.78 is 4.57. The number of hydrogen-bond acceptors (Lipinski definition) is 5. The Morgan fingerprint density at radius 3 is 2.82 bits per heavy atom. The van der Waals surface area contributed by atoms with Crippen LogP contribution in [0, 0.1) is 6.92 Å². The molecule has 1 rings (SSSR count). The van der Waals surface area contributed by atoms with E-state index in [2.05, 4.69) is 10.1 Å². The lowest BCUT2D eigenvalue weighted by atomic mass is 10.0. The van der Waals surface area contributed by atoms with Gasteiger partial charge < -0.3 is 20.7 Å². The molecule has 0 radical (unpaired) electrons. The van der Waals surface area contributed by atoms with E-state index in [9.17, 15) is 9.59 Å². The second kappa shape index (κ2) is 8.71. The molecule has 0 aliphatic rings. The first-order chi connectivity index (χ1) is 10.5. The van der Waals surface area contributed by atoms with Gasteiger partial charge in [-0.25, -0.2) is 0 Å². The van der Waals surface area contributed by atoms with Crippen LogP contribution >= 0.6 is 0 Å². The van der Waals surface area contributed by atoms with Crippen molar-refractivity contribution >= 4 is 29.8 Å². The van der Waals surface area contributed by atoms with E-state index in [1.165, 1.54) is 11.0 Å². The lowest BCUT2D eigenvalue weighted by molar-refractivity contribution is -0.132. The fourth-order valence-electron chi connectivity index (χ4n) is 1.91. The summed E-state index contributed by atoms with van der Waals surface area (Å²) in [4.78, 5) is 23.5. The number of ether oxygens (including phenoxy) is 1. The van der Waals surface area contributed by atoms with Gasteiger partial charge in [-0.3, -0.25) is 9.59 Å². The van der Waals surface area contributed by atoms with Crippen LogP contribution in [0.15, 0.2) is 18.2 Å². The topological polar surface area (TPSA) is 84.7 Å². The molecule has 0 fully saturated rings. The first-order valence-electron chi connectivity index (χ1n) is 7.12. The second-order valence-corrected chi connectivity index (χ2v) is 4.83. The summed E-state index contributed by atoms with van der Waals surface area (Å²) in [5, 5.41) is 3.19. The van der Waals surface area contributed by atoms with Crippen molar-refractivity contribution in [3.63, 3.8) is 0 Å². The molecule has 0 aliphatic heterocycles. The Balaban J connectivity index is 2.75. The number of nitrogens with two attached hydrogens (primary N) is 1. The molecule has 1 amide bonds. The number of likely N-dealkylation sites (N-methyl/N-ethyl adjacent to an activating group) is 1. The molecule has 0 spiro atoms. The number of nitrogens with one attached hydrogen (secondary N) is 1. The lowest BCUT2D eigenvalue weighted by Crippen LogP contribution is -2.28. The van der Waals surface area contributed by atoms with Crippen molar-refractivity contribution in [3.05, 3.63) is 29.3 Å². The molecular weight excluding hydrogens is 282 g/mol. The Hall–Kier alpha value is -2.50. The lowest BCUT2D eigenvalue weighted by Gasteiger charge is -2.14. The predicted octanol–water partition coefficient (Wildman–Crippen LogP) is 1.65. The van der Waals surface area contributed by atoms with Gasteiger partial charge in [0.25, 0.3) is 6.47 Å². The maximum atomic E-state index is 11.9. The van der Waals surface area contributed by atoms with Gasteiger partial charge >= 0.3 is 0 Å². The van der Waals surface area contributed by atoms with Gasteiger partial charge in [-0.05, 0) is 37.1 Å². The van der Waals surface area contributed by atoms with E-state index < -0.39 is 0 Å². The molecule has 3 N–H and O–H groups in total. The summed E-state index contributed by atoms with van der Waals surface area (Å²) in [7, 11) is 1.65. The van der Waals surface area contributed by atoms with Crippen molar-refractivity contribution in [3.8, 4) is 0 Å². The molecule has 0 saturated carbocycles. The van der Waals surface area contributed by atoms with Crippen LogP contribution in [-0.4, -0.2) is 44.0 Å². The van der Waals surface area contributed by atoms with Crippen molar-refractivity contribution in [1.82, 2.24) is 4.90 Å². The molecule has 0 heterocycles. The van der Waals surface area contributed by atoms with Gasteiger partial charge in [-0.15, -0.1) is 0 Å². The predicted molar refractivity (Wildman–Crippen MR) is 88.4 cm³/mol. The number of amides is 1. The molecule has 1 aromatic rings. The molecule has 1 aromatic carbocycles. The molecule has 120 valence electrons. The molecule has 0 atom stereocenters. The Kier molecular flexibility index (Phi) is 6.95. The fraction of sp³-hybridized carbons (Fsp3) is 0.375. The van der Waals surface area contributed by atoms with E-state index in [0.29, 0.717) is 18.7 Å². The molecule has 0 bridgehead atoms. The molecular formula is C16H23N3O3. The van der Waals surface area contributed by atoms with Gasteiger partial charge in [0.1, 0.15) is 6.61 Å². The van der Waals surface area contributed by atoms with Crippen molar-refractivity contribution in [2.75, 3.05) is 37.8 Å². The molecule has 6 nitrogen and oxygen atoms in total. The summed E-state index contributed by atoms with van der Waals surface area (Å²) >= 11 is 0. The highest BCUT2D eigenvalue weighted by Crippen LogP contribution is 2.26. The van der Waals surface area contributed by atoms with Crippen molar-refractivity contribution in [2.45, 2.75) is 13.8 Å². The van der Waals surface area contributed by atoms with Crippen LogP contribution in [0.3, 0.4) is 0 Å². The molecule has 0 saturated heterocycles. The van der Waals surface area contributed by atoms with E-state index in [0.717, 1.165) is 23.4 Å². The molecule has 6 heteroatoms. The van der Waals surface area contributed by atoms with E-state index >= 15 is 0 Å². The van der Waals surface area contributed by atoms with Crippen LogP contribution in [0.5, 0.6) is 0 Å². The average Bonchev–Trinajstić information content (AvgIpc) is 2.51. The van der Waals surface area contributed by atoms with Crippen LogP contribution in [-0.2, 0) is 14.3 Å². The number of nitrogens with zero attached hydrogens (tertiary/aromatic N) is 1. The van der Waals surface area contributed by atoms with Crippen molar-refractivity contribution in [2.24, 2.45) is 0 Å². The first-order valence-corrected chi connectivity index (χ1v) is 7.12. The second-order valence-electron chi connectivity index (χ2n) is 4.83. The number of anilines is 2. The van der Waals surface area contributed by atoms with E-state index in [4.69, 9.17) is 5.73 Å². The van der Waals surface area contributed by atoms with Gasteiger partial charge in [-0.2, -0.15) is 0 Å². The van der Waals surface area contributed by atoms with Gasteiger partial charge in [0.2, 0.25) is 5.91 Å². The van der Waals surface area contributed by atoms with Crippen LogP contribution in [0.4, 0.5) is 11.4 Å². The zero-order chi connectivity index (χ0) is 16.5. The summed E-state index contributed by atoms with van der Waals surface area (Å²) in [6, 6.07) is 3.82. The van der Waals surface area contributed by atoms with Gasteiger partial charge in [0, 0.05) is 19.7 Å². The maximum Gasteiger partial charge on any atom is 0.293 e. The maximum absolute atomic E-state index is 11.9. The van der Waals surface area contributed by atoms with Crippen LogP contribution < -0.4 is 11.1 Å². The number of carbonyl (C=O) groups excluding carboxylic acids is 2. The monoisotopic (exact) mass is 305 g/mol. The number of hydrogen-bond donors (Lipinski definition) is 2. The Bertz CT molecular complexity index is 556. The average molecular weight is 305 g/mol. The highest BCUT2D eigenvalue weighted by Gasteiger charge is 2.07. The third-order valence-corrected chi connectivity index (χ3v) is 3.32. The quantitative estimate of drug-likeness (QED) is 0.330. The summed E-state index contributed by atoms with van der Waals surface area (Å²) in [5.41, 5.74) is 9.47. The van der Waals surface area contributed by atoms with Gasteiger partial charge in [0.05, 0.1) is 17.9 Å². The van der Waals surface area contributed by atoms with Crippen molar-refractivity contribution in [1.29, 1.82) is 0 Å². The number of rotatable bonds is 8. The highest BCUT2D eigenvalue weighted by atomic mass is 16.5. The van der Waals surface area contributed by atoms with Crippen LogP contribution in [0.25, 0.3) is 6.08 Å². The molecule has 22 heavy (non-hydrogen) atoms. The SMILES string of the molecule is CCNc1ccc(/C=C/C(=O)N(C)CCOC=O)c(C)c1N. The largest absolute Gasteiger partial charge is 0.466 e. The summed E-state index contributed by atoms with van der Waals surface area (Å²) in [6.07, 6.45) is 3.22. The fourth-order valence-corrected chi connectivity index (χ4v) is 1.91. The Morgan fingerprint density at radius 1 is 1.45 bits per heavy atom. The molecule has 0 aliphatic carbocycles. The van der Waals surface area contributed by atoms with Gasteiger partial charge in [-0.1, -0.05) is 6.07 Å². The standard InChI is InChI=1S/C16H23N3O3/c1-4-18-14-7-5-13(12(2)16(14)17)6-8-15(21)19(3)9-10-22-11-20/h5-8,11,18H,4,9-10,17H2,1-3H3/b8-6+. The zero-order valence-electron chi connectivity index (χ0n) is 13.3. The number of nitrogen functional groups attached to an aromatic ring is 1. The minimum atomic E-state index is -0.164. The van der Waals surface area contributed by atoms with E-state index in [-0.39, 0.29) is 12.5 Å². The third-order valence-electron chi connectivity index (χ3n) is 3.32. The van der Waals surface area contributed by atoms with Crippen LogP contribution in [0.1, 0.15) is 18.1 Å². The number of benzene rings is 1. The highest BCUT2D eigenvalue weighted by molar-refractivity contribution is 5.92. The van der Waals surface area contributed by atoms with E-state index in [1.54, 1.807) is 13.1 Å². The number of carbonyl (C=O) groups is 2. The Labute approximate surface area is 130 Å².